The molecule has 2 heterocycles. The molecule has 4 heteroatoms. The normalized spacial score (nSPS) is 18.0. The summed E-state index contributed by atoms with van der Waals surface area (Å²) >= 11 is 0. The highest BCUT2D eigenvalue weighted by molar-refractivity contribution is 5.74. The highest BCUT2D eigenvalue weighted by Crippen LogP contribution is 2.46. The van der Waals surface area contributed by atoms with Crippen LogP contribution in [0.4, 0.5) is 0 Å². The van der Waals surface area contributed by atoms with E-state index in [0.717, 1.165) is 24.0 Å². The van der Waals surface area contributed by atoms with Gasteiger partial charge >= 0.3 is 0 Å². The van der Waals surface area contributed by atoms with Gasteiger partial charge in [-0.2, -0.15) is 0 Å². The molecule has 0 spiro atoms. The average Bonchev–Trinajstić information content (AvgIpc) is 3.14. The van der Waals surface area contributed by atoms with E-state index in [1.54, 1.807) is 0 Å². The number of fused-ring (bicyclic) bond motifs is 2. The number of hydrogen-bond acceptors (Lipinski definition) is 4. The Kier molecular flexibility index (Phi) is 5.13. The Morgan fingerprint density at radius 2 is 1.64 bits per heavy atom. The van der Waals surface area contributed by atoms with E-state index in [-0.39, 0.29) is 11.8 Å². The number of rotatable bonds is 2. The van der Waals surface area contributed by atoms with E-state index < -0.39 is 0 Å². The molecule has 4 nitrogen and oxygen atoms in total. The maximum absolute atomic E-state index is 7.00. The first-order valence-electron chi connectivity index (χ1n) is 9.38. The summed E-state index contributed by atoms with van der Waals surface area (Å²) in [5.74, 6) is 2.16. The number of aromatic nitrogens is 1. The smallest absolute Gasteiger partial charge is 0.192 e. The van der Waals surface area contributed by atoms with Gasteiger partial charge in [-0.15, -0.1) is 0 Å². The zero-order valence-corrected chi connectivity index (χ0v) is 16.0. The van der Waals surface area contributed by atoms with E-state index in [9.17, 15) is 0 Å². The van der Waals surface area contributed by atoms with E-state index in [0.29, 0.717) is 12.5 Å². The molecule has 0 bridgehead atoms. The molecule has 1 aromatic heterocycles. The minimum Gasteiger partial charge on any atom is -0.493 e. The number of aliphatic hydroxyl groups excluding tert-OH is 1. The fourth-order valence-electron chi connectivity index (χ4n) is 4.02. The third kappa shape index (κ3) is 3.27. The van der Waals surface area contributed by atoms with Gasteiger partial charge in [0.25, 0.3) is 0 Å². The minimum absolute atomic E-state index is 0.226. The predicted molar refractivity (Wildman–Crippen MR) is 110 cm³/mol. The van der Waals surface area contributed by atoms with Crippen LogP contribution >= 0.6 is 0 Å². The number of nitrogens with zero attached hydrogens (tertiary/aromatic N) is 1. The van der Waals surface area contributed by atoms with Gasteiger partial charge in [0.05, 0.1) is 6.61 Å². The fraction of sp³-hybridized carbons (Fsp3) is 0.208. The van der Waals surface area contributed by atoms with Crippen molar-refractivity contribution in [1.29, 1.82) is 0 Å². The molecule has 0 fully saturated rings. The maximum Gasteiger partial charge on any atom is 0.192 e. The van der Waals surface area contributed by atoms with Gasteiger partial charge in [-0.1, -0.05) is 54.6 Å². The number of ether oxygens (including phenoxy) is 1. The van der Waals surface area contributed by atoms with Crippen LogP contribution < -0.4 is 4.74 Å². The molecule has 0 aliphatic carbocycles. The van der Waals surface area contributed by atoms with Crippen LogP contribution in [0.2, 0.25) is 0 Å². The van der Waals surface area contributed by atoms with Crippen LogP contribution in [0.3, 0.4) is 0 Å². The Labute approximate surface area is 164 Å². The average molecular weight is 373 g/mol. The van der Waals surface area contributed by atoms with Crippen LogP contribution in [-0.4, -0.2) is 23.8 Å². The summed E-state index contributed by atoms with van der Waals surface area (Å²) in [6, 6.07) is 25.3. The zero-order valence-electron chi connectivity index (χ0n) is 16.0. The van der Waals surface area contributed by atoms with Crippen LogP contribution in [0, 0.1) is 6.92 Å². The van der Waals surface area contributed by atoms with E-state index in [4.69, 9.17) is 14.3 Å². The molecule has 28 heavy (non-hydrogen) atoms. The standard InChI is InChI=1S/C23H19NO2.CH4O/c1-15-24-20-13-17(11-12-22(20)26-15)23-18-9-5-6-10-21(18)25-14-19(23)16-7-3-2-4-8-16;1-2/h2-13,19,23H,14H2,1H3;2H,1H3. The Bertz CT molecular complexity index is 1070. The van der Waals surface area contributed by atoms with Gasteiger partial charge in [-0.25, -0.2) is 4.98 Å². The fourth-order valence-corrected chi connectivity index (χ4v) is 4.02. The zero-order chi connectivity index (χ0) is 19.5. The molecule has 1 aliphatic heterocycles. The number of benzene rings is 3. The summed E-state index contributed by atoms with van der Waals surface area (Å²) in [6.45, 7) is 2.55. The van der Waals surface area contributed by atoms with Gasteiger partial charge in [-0.3, -0.25) is 0 Å². The molecule has 2 atom stereocenters. The Morgan fingerprint density at radius 3 is 2.46 bits per heavy atom. The summed E-state index contributed by atoms with van der Waals surface area (Å²) in [5, 5.41) is 7.00. The van der Waals surface area contributed by atoms with Crippen molar-refractivity contribution < 1.29 is 14.3 Å². The van der Waals surface area contributed by atoms with Crippen molar-refractivity contribution in [1.82, 2.24) is 4.98 Å². The van der Waals surface area contributed by atoms with E-state index in [1.165, 1.54) is 16.7 Å². The SMILES string of the molecule is CO.Cc1nc2cc(C3c4ccccc4OCC3c3ccccc3)ccc2o1. The Balaban J connectivity index is 0.000000932. The number of oxazole rings is 1. The van der Waals surface area contributed by atoms with E-state index in [1.807, 2.05) is 19.1 Å². The van der Waals surface area contributed by atoms with Crippen LogP contribution in [-0.2, 0) is 0 Å². The minimum atomic E-state index is 0.226. The second-order valence-corrected chi connectivity index (χ2v) is 6.80. The van der Waals surface area contributed by atoms with Crippen LogP contribution in [0.25, 0.3) is 11.1 Å². The van der Waals surface area contributed by atoms with Crippen molar-refractivity contribution in [3.05, 3.63) is 95.4 Å². The molecule has 3 aromatic carbocycles. The van der Waals surface area contributed by atoms with Crippen molar-refractivity contribution in [2.75, 3.05) is 13.7 Å². The lowest BCUT2D eigenvalue weighted by Crippen LogP contribution is -2.25. The van der Waals surface area contributed by atoms with Gasteiger partial charge in [0, 0.05) is 31.4 Å². The number of aryl methyl sites for hydroxylation is 1. The Hall–Kier alpha value is -3.11. The maximum atomic E-state index is 7.00. The second-order valence-electron chi connectivity index (χ2n) is 6.80. The van der Waals surface area contributed by atoms with Crippen molar-refractivity contribution in [3.8, 4) is 5.75 Å². The largest absolute Gasteiger partial charge is 0.493 e. The van der Waals surface area contributed by atoms with Crippen LogP contribution in [0.5, 0.6) is 5.75 Å². The molecule has 0 saturated heterocycles. The molecule has 4 aromatic rings. The van der Waals surface area contributed by atoms with Gasteiger partial charge in [0.2, 0.25) is 0 Å². The highest BCUT2D eigenvalue weighted by atomic mass is 16.5. The summed E-state index contributed by atoms with van der Waals surface area (Å²) in [6.07, 6.45) is 0. The lowest BCUT2D eigenvalue weighted by Gasteiger charge is -2.34. The molecule has 142 valence electrons. The second kappa shape index (κ2) is 7.87. The van der Waals surface area contributed by atoms with Crippen molar-refractivity contribution in [2.45, 2.75) is 18.8 Å². The van der Waals surface area contributed by atoms with Crippen LogP contribution in [0.1, 0.15) is 34.4 Å². The first kappa shape index (κ1) is 18.3. The van der Waals surface area contributed by atoms with Crippen molar-refractivity contribution >= 4 is 11.1 Å². The van der Waals surface area contributed by atoms with Crippen LogP contribution in [0.15, 0.2) is 77.2 Å². The molecule has 0 radical (unpaired) electrons. The Morgan fingerprint density at radius 1 is 0.893 bits per heavy atom. The predicted octanol–water partition coefficient (Wildman–Crippen LogP) is 5.05. The van der Waals surface area contributed by atoms with E-state index in [2.05, 4.69) is 65.6 Å². The highest BCUT2D eigenvalue weighted by Gasteiger charge is 2.33. The third-order valence-electron chi connectivity index (χ3n) is 5.18. The summed E-state index contributed by atoms with van der Waals surface area (Å²) < 4.78 is 11.8. The van der Waals surface area contributed by atoms with Crippen molar-refractivity contribution in [3.63, 3.8) is 0 Å². The molecule has 1 aliphatic rings. The lowest BCUT2D eigenvalue weighted by molar-refractivity contribution is 0.249. The van der Waals surface area contributed by atoms with Gasteiger partial charge in [0.1, 0.15) is 11.3 Å². The summed E-state index contributed by atoms with van der Waals surface area (Å²) in [7, 11) is 1.00. The monoisotopic (exact) mass is 373 g/mol. The van der Waals surface area contributed by atoms with Gasteiger partial charge in [-0.05, 0) is 29.3 Å². The number of aliphatic hydroxyl groups is 1. The molecule has 1 N–H and O–H groups in total. The lowest BCUT2D eigenvalue weighted by atomic mass is 9.76. The number of hydrogen-bond donors (Lipinski definition) is 1. The van der Waals surface area contributed by atoms with E-state index >= 15 is 0 Å². The molecule has 2 unspecified atom stereocenters. The van der Waals surface area contributed by atoms with Gasteiger partial charge < -0.3 is 14.3 Å². The summed E-state index contributed by atoms with van der Waals surface area (Å²) in [4.78, 5) is 4.52. The molecular weight excluding hydrogens is 350 g/mol. The third-order valence-corrected chi connectivity index (χ3v) is 5.18. The first-order valence-corrected chi connectivity index (χ1v) is 9.38. The topological polar surface area (TPSA) is 55.5 Å². The molecule has 0 saturated carbocycles. The number of para-hydroxylation sites is 1. The van der Waals surface area contributed by atoms with Gasteiger partial charge in [0.15, 0.2) is 11.5 Å². The molecular formula is C24H23NO3. The summed E-state index contributed by atoms with van der Waals surface area (Å²) in [5.41, 5.74) is 5.52. The molecule has 0 amide bonds. The molecule has 5 rings (SSSR count). The first-order chi connectivity index (χ1) is 13.8. The van der Waals surface area contributed by atoms with Crippen molar-refractivity contribution in [2.24, 2.45) is 0 Å². The quantitative estimate of drug-likeness (QED) is 0.534.